The third kappa shape index (κ3) is 8.89. The van der Waals surface area contributed by atoms with Gasteiger partial charge in [-0.05, 0) is 25.7 Å². The smallest absolute Gasteiger partial charge is 0.267 e. The number of aliphatic hydroxyl groups is 1. The van der Waals surface area contributed by atoms with Crippen LogP contribution in [0.25, 0.3) is 0 Å². The van der Waals surface area contributed by atoms with Gasteiger partial charge in [-0.3, -0.25) is 4.55 Å². The molecule has 0 aliphatic heterocycles. The molecular formula is C13H28O4S. The topological polar surface area (TPSA) is 74.6 Å². The van der Waals surface area contributed by atoms with Gasteiger partial charge in [0.2, 0.25) is 0 Å². The van der Waals surface area contributed by atoms with E-state index in [-0.39, 0.29) is 0 Å². The average Bonchev–Trinajstić information content (AvgIpc) is 2.27. The molecule has 0 aromatic rings. The summed E-state index contributed by atoms with van der Waals surface area (Å²) in [5.74, 6) is 0. The third-order valence-corrected chi connectivity index (χ3v) is 4.75. The van der Waals surface area contributed by atoms with Crippen molar-refractivity contribution < 1.29 is 18.1 Å². The molecule has 0 fully saturated rings. The molecule has 0 heterocycles. The highest BCUT2D eigenvalue weighted by molar-refractivity contribution is 7.86. The van der Waals surface area contributed by atoms with Crippen molar-refractivity contribution in [3.05, 3.63) is 0 Å². The van der Waals surface area contributed by atoms with Crippen LogP contribution in [0, 0.1) is 0 Å². The molecule has 0 spiro atoms. The van der Waals surface area contributed by atoms with Crippen molar-refractivity contribution in [3.8, 4) is 0 Å². The third-order valence-electron chi connectivity index (χ3n) is 3.34. The van der Waals surface area contributed by atoms with Gasteiger partial charge in [-0.15, -0.1) is 0 Å². The Kier molecular flexibility index (Phi) is 9.68. The summed E-state index contributed by atoms with van der Waals surface area (Å²) in [7, 11) is -3.95. The highest BCUT2D eigenvalue weighted by Gasteiger charge is 2.21. The van der Waals surface area contributed by atoms with Crippen LogP contribution in [-0.2, 0) is 10.1 Å². The second-order valence-electron chi connectivity index (χ2n) is 4.98. The van der Waals surface area contributed by atoms with E-state index in [0.717, 1.165) is 19.3 Å². The van der Waals surface area contributed by atoms with Gasteiger partial charge in [0.15, 0.2) is 0 Å². The predicted octanol–water partition coefficient (Wildman–Crippen LogP) is 3.15. The molecule has 0 bridgehead atoms. The van der Waals surface area contributed by atoms with E-state index in [0.29, 0.717) is 19.3 Å². The molecule has 18 heavy (non-hydrogen) atoms. The van der Waals surface area contributed by atoms with Crippen LogP contribution in [0.4, 0.5) is 0 Å². The molecule has 0 saturated heterocycles. The number of aliphatic hydroxyl groups excluding tert-OH is 1. The fraction of sp³-hybridized carbons (Fsp3) is 1.00. The van der Waals surface area contributed by atoms with Gasteiger partial charge in [-0.2, -0.15) is 8.42 Å². The second kappa shape index (κ2) is 9.75. The molecule has 0 aliphatic rings. The van der Waals surface area contributed by atoms with Crippen LogP contribution >= 0.6 is 0 Å². The Hall–Kier alpha value is -0.130. The van der Waals surface area contributed by atoms with Gasteiger partial charge in [0.05, 0.1) is 11.4 Å². The quantitative estimate of drug-likeness (QED) is 0.450. The molecule has 0 aromatic carbocycles. The Morgan fingerprint density at radius 1 is 0.944 bits per heavy atom. The van der Waals surface area contributed by atoms with Gasteiger partial charge in [0.1, 0.15) is 0 Å². The lowest BCUT2D eigenvalue weighted by molar-refractivity contribution is 0.147. The standard InChI is InChI=1S/C13H28O4S/c1-3-5-6-7-8-9-12(14)10-11-13(4-2)18(15,16)17/h12-14H,3-11H2,1-2H3,(H,15,16,17). The first-order valence-electron chi connectivity index (χ1n) is 7.06. The maximum Gasteiger partial charge on any atom is 0.267 e. The number of hydrogen-bond donors (Lipinski definition) is 2. The summed E-state index contributed by atoms with van der Waals surface area (Å²) in [6.45, 7) is 3.89. The Balaban J connectivity index is 3.72. The van der Waals surface area contributed by atoms with Crippen LogP contribution in [-0.4, -0.2) is 29.4 Å². The molecule has 110 valence electrons. The second-order valence-corrected chi connectivity index (χ2v) is 6.68. The first-order chi connectivity index (χ1) is 8.41. The minimum atomic E-state index is -3.95. The van der Waals surface area contributed by atoms with Gasteiger partial charge in [-0.25, -0.2) is 0 Å². The van der Waals surface area contributed by atoms with Crippen LogP contribution < -0.4 is 0 Å². The monoisotopic (exact) mass is 280 g/mol. The molecule has 0 aromatic heterocycles. The zero-order chi connectivity index (χ0) is 14.0. The highest BCUT2D eigenvalue weighted by Crippen LogP contribution is 2.16. The predicted molar refractivity (Wildman–Crippen MR) is 74.2 cm³/mol. The summed E-state index contributed by atoms with van der Waals surface area (Å²) in [6.07, 6.45) is 7.22. The maximum atomic E-state index is 11.0. The van der Waals surface area contributed by atoms with Crippen LogP contribution in [0.3, 0.4) is 0 Å². The molecule has 4 nitrogen and oxygen atoms in total. The molecule has 2 unspecified atom stereocenters. The van der Waals surface area contributed by atoms with Crippen LogP contribution in [0.5, 0.6) is 0 Å². The summed E-state index contributed by atoms with van der Waals surface area (Å²) in [6, 6.07) is 0. The van der Waals surface area contributed by atoms with Crippen molar-refractivity contribution in [1.29, 1.82) is 0 Å². The van der Waals surface area contributed by atoms with Crippen LogP contribution in [0.1, 0.15) is 71.6 Å². The average molecular weight is 280 g/mol. The lowest BCUT2D eigenvalue weighted by Crippen LogP contribution is -2.21. The molecule has 2 N–H and O–H groups in total. The van der Waals surface area contributed by atoms with Crippen molar-refractivity contribution in [1.82, 2.24) is 0 Å². The molecular weight excluding hydrogens is 252 g/mol. The minimum absolute atomic E-state index is 0.339. The fourth-order valence-electron chi connectivity index (χ4n) is 2.07. The lowest BCUT2D eigenvalue weighted by atomic mass is 10.0. The van der Waals surface area contributed by atoms with Crippen molar-refractivity contribution in [2.45, 2.75) is 83.0 Å². The zero-order valence-electron chi connectivity index (χ0n) is 11.6. The minimum Gasteiger partial charge on any atom is -0.393 e. The number of rotatable bonds is 11. The Morgan fingerprint density at radius 2 is 1.56 bits per heavy atom. The summed E-state index contributed by atoms with van der Waals surface area (Å²) in [5, 5.41) is 9.01. The Bertz CT molecular complexity index is 287. The Labute approximate surface area is 112 Å². The van der Waals surface area contributed by atoms with E-state index in [1.54, 1.807) is 6.92 Å². The van der Waals surface area contributed by atoms with Gasteiger partial charge in [-0.1, -0.05) is 46.0 Å². The molecule has 2 atom stereocenters. The van der Waals surface area contributed by atoms with Crippen LogP contribution in [0.15, 0.2) is 0 Å². The normalized spacial score (nSPS) is 15.6. The number of unbranched alkanes of at least 4 members (excludes halogenated alkanes) is 4. The first kappa shape index (κ1) is 17.9. The van der Waals surface area contributed by atoms with Crippen molar-refractivity contribution in [2.24, 2.45) is 0 Å². The Morgan fingerprint density at radius 3 is 2.06 bits per heavy atom. The van der Waals surface area contributed by atoms with Crippen molar-refractivity contribution >= 4 is 10.1 Å². The molecule has 0 rings (SSSR count). The van der Waals surface area contributed by atoms with Gasteiger partial charge in [0.25, 0.3) is 10.1 Å². The van der Waals surface area contributed by atoms with Gasteiger partial charge < -0.3 is 5.11 Å². The highest BCUT2D eigenvalue weighted by atomic mass is 32.2. The van der Waals surface area contributed by atoms with E-state index in [4.69, 9.17) is 4.55 Å². The largest absolute Gasteiger partial charge is 0.393 e. The molecule has 0 saturated carbocycles. The summed E-state index contributed by atoms with van der Waals surface area (Å²) in [5.41, 5.74) is 0. The van der Waals surface area contributed by atoms with E-state index < -0.39 is 21.5 Å². The lowest BCUT2D eigenvalue weighted by Gasteiger charge is -2.14. The van der Waals surface area contributed by atoms with E-state index in [1.807, 2.05) is 0 Å². The number of hydrogen-bond acceptors (Lipinski definition) is 3. The van der Waals surface area contributed by atoms with Gasteiger partial charge >= 0.3 is 0 Å². The SMILES string of the molecule is CCCCCCCC(O)CCC(CC)S(=O)(=O)O. The molecule has 0 amide bonds. The van der Waals surface area contributed by atoms with E-state index in [2.05, 4.69) is 6.92 Å². The van der Waals surface area contributed by atoms with Crippen molar-refractivity contribution in [3.63, 3.8) is 0 Å². The molecule has 5 heteroatoms. The summed E-state index contributed by atoms with van der Waals surface area (Å²) >= 11 is 0. The van der Waals surface area contributed by atoms with Crippen molar-refractivity contribution in [2.75, 3.05) is 0 Å². The fourth-order valence-corrected chi connectivity index (χ4v) is 2.92. The maximum absolute atomic E-state index is 11.0. The summed E-state index contributed by atoms with van der Waals surface area (Å²) in [4.78, 5) is 0. The van der Waals surface area contributed by atoms with Crippen LogP contribution in [0.2, 0.25) is 0 Å². The van der Waals surface area contributed by atoms with E-state index >= 15 is 0 Å². The molecule has 0 aliphatic carbocycles. The first-order valence-corrected chi connectivity index (χ1v) is 8.56. The van der Waals surface area contributed by atoms with E-state index in [9.17, 15) is 13.5 Å². The molecule has 0 radical (unpaired) electrons. The summed E-state index contributed by atoms with van der Waals surface area (Å²) < 4.78 is 30.9. The van der Waals surface area contributed by atoms with E-state index in [1.165, 1.54) is 19.3 Å². The zero-order valence-corrected chi connectivity index (χ0v) is 12.5. The van der Waals surface area contributed by atoms with Gasteiger partial charge in [0, 0.05) is 0 Å².